The zero-order valence-electron chi connectivity index (χ0n) is 15.5. The summed E-state index contributed by atoms with van der Waals surface area (Å²) in [4.78, 5) is 0. The topological polar surface area (TPSA) is 93.7 Å². The molecule has 0 unspecified atom stereocenters. The third kappa shape index (κ3) is 4.56. The Kier molecular flexibility index (Phi) is 5.44. The Morgan fingerprint density at radius 2 is 1.69 bits per heavy atom. The molecule has 2 heterocycles. The van der Waals surface area contributed by atoms with Gasteiger partial charge in [-0.1, -0.05) is 48.5 Å². The van der Waals surface area contributed by atoms with Crippen LogP contribution in [-0.2, 0) is 6.54 Å². The first-order valence-electron chi connectivity index (χ1n) is 9.01. The Morgan fingerprint density at radius 3 is 2.41 bits per heavy atom. The van der Waals surface area contributed by atoms with Gasteiger partial charge in [0.05, 0.1) is 18.4 Å². The number of nitrogen functional groups attached to an aromatic ring is 1. The fourth-order valence-corrected chi connectivity index (χ4v) is 3.06. The van der Waals surface area contributed by atoms with Crippen LogP contribution in [0.4, 0.5) is 17.3 Å². The van der Waals surface area contributed by atoms with Crippen molar-refractivity contribution in [1.82, 2.24) is 20.0 Å². The number of rotatable bonds is 5. The summed E-state index contributed by atoms with van der Waals surface area (Å²) in [6, 6.07) is 23.3. The van der Waals surface area contributed by atoms with Crippen molar-refractivity contribution in [1.29, 1.82) is 0 Å². The molecule has 4 rings (SSSR count). The Labute approximate surface area is 173 Å². The van der Waals surface area contributed by atoms with Crippen LogP contribution < -0.4 is 16.4 Å². The highest BCUT2D eigenvalue weighted by Crippen LogP contribution is 2.19. The van der Waals surface area contributed by atoms with E-state index >= 15 is 0 Å². The lowest BCUT2D eigenvalue weighted by atomic mass is 10.1. The number of hydrogen-bond donors (Lipinski definition) is 3. The Morgan fingerprint density at radius 1 is 0.897 bits per heavy atom. The predicted molar refractivity (Wildman–Crippen MR) is 119 cm³/mol. The maximum Gasteiger partial charge on any atom is 0.176 e. The van der Waals surface area contributed by atoms with Crippen LogP contribution >= 0.6 is 12.2 Å². The van der Waals surface area contributed by atoms with Crippen LogP contribution in [0.3, 0.4) is 0 Å². The van der Waals surface area contributed by atoms with Crippen LogP contribution in [0, 0.1) is 0 Å². The normalized spacial score (nSPS) is 10.5. The summed E-state index contributed by atoms with van der Waals surface area (Å²) in [6.45, 7) is 0.538. The van der Waals surface area contributed by atoms with Gasteiger partial charge in [-0.2, -0.15) is 5.10 Å². The van der Waals surface area contributed by atoms with Gasteiger partial charge in [-0.3, -0.25) is 0 Å². The van der Waals surface area contributed by atoms with E-state index in [1.54, 1.807) is 16.9 Å². The molecule has 4 N–H and O–H groups in total. The quantitative estimate of drug-likeness (QED) is 0.438. The molecule has 0 saturated heterocycles. The Bertz CT molecular complexity index is 1110. The molecule has 4 aromatic rings. The van der Waals surface area contributed by atoms with Crippen LogP contribution in [0.5, 0.6) is 0 Å². The highest BCUT2D eigenvalue weighted by atomic mass is 32.1. The van der Waals surface area contributed by atoms with Crippen LogP contribution in [0.1, 0.15) is 5.56 Å². The molecule has 2 aromatic heterocycles. The molecule has 0 atom stereocenters. The number of benzene rings is 2. The number of anilines is 3. The molecule has 0 aliphatic carbocycles. The van der Waals surface area contributed by atoms with E-state index in [0.717, 1.165) is 22.5 Å². The molecule has 7 nitrogen and oxygen atoms in total. The highest BCUT2D eigenvalue weighted by Gasteiger charge is 2.08. The van der Waals surface area contributed by atoms with Crippen LogP contribution in [0.15, 0.2) is 79.0 Å². The lowest BCUT2D eigenvalue weighted by Gasteiger charge is -2.14. The lowest BCUT2D eigenvalue weighted by molar-refractivity contribution is 0.698. The van der Waals surface area contributed by atoms with E-state index in [1.807, 2.05) is 66.7 Å². The molecule has 29 heavy (non-hydrogen) atoms. The number of aromatic nitrogens is 4. The summed E-state index contributed by atoms with van der Waals surface area (Å²) < 4.78 is 1.73. The minimum Gasteiger partial charge on any atom is -0.384 e. The smallest absolute Gasteiger partial charge is 0.176 e. The average molecular weight is 401 g/mol. The summed E-state index contributed by atoms with van der Waals surface area (Å²) in [5, 5.41) is 19.4. The van der Waals surface area contributed by atoms with Gasteiger partial charge in [0, 0.05) is 11.3 Å². The molecule has 2 aromatic carbocycles. The zero-order chi connectivity index (χ0) is 20.1. The third-order valence-electron chi connectivity index (χ3n) is 4.31. The van der Waals surface area contributed by atoms with E-state index in [2.05, 4.69) is 25.9 Å². The molecule has 0 aliphatic rings. The second-order valence-electron chi connectivity index (χ2n) is 6.32. The molecule has 0 saturated carbocycles. The van der Waals surface area contributed by atoms with Crippen LogP contribution in [-0.4, -0.2) is 25.1 Å². The van der Waals surface area contributed by atoms with Gasteiger partial charge in [0.2, 0.25) is 0 Å². The fraction of sp³-hybridized carbons (Fsp3) is 0.0476. The van der Waals surface area contributed by atoms with Crippen molar-refractivity contribution in [3.63, 3.8) is 0 Å². The standard InChI is InChI=1S/C21H19N7S/c22-19-12-13-23-28(19)14-16-8-4-5-9-17(16)24-21(29)25-20-11-10-18(26-27-20)15-6-2-1-3-7-15/h1-13H,14,22H2,(H2,24,25,27,29). The van der Waals surface area contributed by atoms with Crippen LogP contribution in [0.25, 0.3) is 11.3 Å². The number of hydrogen-bond acceptors (Lipinski definition) is 5. The summed E-state index contributed by atoms with van der Waals surface area (Å²) >= 11 is 5.44. The first kappa shape index (κ1) is 18.6. The number of nitrogens with zero attached hydrogens (tertiary/aromatic N) is 4. The van der Waals surface area contributed by atoms with Crippen molar-refractivity contribution in [3.05, 3.63) is 84.6 Å². The first-order chi connectivity index (χ1) is 14.2. The Balaban J connectivity index is 1.43. The molecule has 0 aliphatic heterocycles. The number of para-hydroxylation sites is 1. The molecule has 8 heteroatoms. The number of nitrogens with one attached hydrogen (secondary N) is 2. The van der Waals surface area contributed by atoms with Crippen molar-refractivity contribution in [2.24, 2.45) is 0 Å². The van der Waals surface area contributed by atoms with Gasteiger partial charge in [-0.15, -0.1) is 10.2 Å². The van der Waals surface area contributed by atoms with Gasteiger partial charge < -0.3 is 16.4 Å². The fourth-order valence-electron chi connectivity index (χ4n) is 2.85. The van der Waals surface area contributed by atoms with Gasteiger partial charge in [0.15, 0.2) is 10.9 Å². The maximum atomic E-state index is 5.92. The minimum atomic E-state index is 0.424. The highest BCUT2D eigenvalue weighted by molar-refractivity contribution is 7.80. The van der Waals surface area contributed by atoms with Crippen molar-refractivity contribution >= 4 is 34.7 Å². The molecule has 0 radical (unpaired) electrons. The van der Waals surface area contributed by atoms with Gasteiger partial charge in [0.1, 0.15) is 5.82 Å². The lowest BCUT2D eigenvalue weighted by Crippen LogP contribution is -2.21. The van der Waals surface area contributed by atoms with E-state index in [0.29, 0.717) is 23.3 Å². The molecule has 0 bridgehead atoms. The van der Waals surface area contributed by atoms with Crippen molar-refractivity contribution in [2.75, 3.05) is 16.4 Å². The van der Waals surface area contributed by atoms with Gasteiger partial charge in [-0.05, 0) is 42.0 Å². The van der Waals surface area contributed by atoms with Crippen LogP contribution in [0.2, 0.25) is 0 Å². The van der Waals surface area contributed by atoms with Gasteiger partial charge >= 0.3 is 0 Å². The summed E-state index contributed by atoms with van der Waals surface area (Å²) in [6.07, 6.45) is 1.68. The second kappa shape index (κ2) is 8.49. The zero-order valence-corrected chi connectivity index (χ0v) is 16.3. The largest absolute Gasteiger partial charge is 0.384 e. The van der Waals surface area contributed by atoms with E-state index in [-0.39, 0.29) is 0 Å². The van der Waals surface area contributed by atoms with Crippen molar-refractivity contribution < 1.29 is 0 Å². The molecule has 144 valence electrons. The monoisotopic (exact) mass is 401 g/mol. The Hall–Kier alpha value is -3.78. The molecule has 0 amide bonds. The van der Waals surface area contributed by atoms with E-state index in [1.165, 1.54) is 0 Å². The number of nitrogens with two attached hydrogens (primary N) is 1. The average Bonchev–Trinajstić information content (AvgIpc) is 3.15. The minimum absolute atomic E-state index is 0.424. The van der Waals surface area contributed by atoms with E-state index < -0.39 is 0 Å². The van der Waals surface area contributed by atoms with Gasteiger partial charge in [-0.25, -0.2) is 4.68 Å². The van der Waals surface area contributed by atoms with Crippen molar-refractivity contribution in [3.8, 4) is 11.3 Å². The molecular weight excluding hydrogens is 382 g/mol. The first-order valence-corrected chi connectivity index (χ1v) is 9.42. The predicted octanol–water partition coefficient (Wildman–Crippen LogP) is 3.78. The third-order valence-corrected chi connectivity index (χ3v) is 4.51. The number of thiocarbonyl (C=S) groups is 1. The van der Waals surface area contributed by atoms with Crippen molar-refractivity contribution in [2.45, 2.75) is 6.54 Å². The SMILES string of the molecule is Nc1ccnn1Cc1ccccc1NC(=S)Nc1ccc(-c2ccccc2)nn1. The van der Waals surface area contributed by atoms with E-state index in [9.17, 15) is 0 Å². The summed E-state index contributed by atoms with van der Waals surface area (Å²) in [5.74, 6) is 1.17. The molecule has 0 spiro atoms. The summed E-state index contributed by atoms with van der Waals surface area (Å²) in [7, 11) is 0. The summed E-state index contributed by atoms with van der Waals surface area (Å²) in [5.41, 5.74) is 9.62. The van der Waals surface area contributed by atoms with Gasteiger partial charge in [0.25, 0.3) is 0 Å². The maximum absolute atomic E-state index is 5.92. The second-order valence-corrected chi connectivity index (χ2v) is 6.73. The molecule has 0 fully saturated rings. The van der Waals surface area contributed by atoms with E-state index in [4.69, 9.17) is 18.0 Å². The molecular formula is C21H19N7S.